The van der Waals surface area contributed by atoms with E-state index >= 15 is 0 Å². The van der Waals surface area contributed by atoms with Crippen LogP contribution in [0.25, 0.3) is 0 Å². The van der Waals surface area contributed by atoms with Gasteiger partial charge in [0.2, 0.25) is 5.91 Å². The van der Waals surface area contributed by atoms with Crippen LogP contribution >= 0.6 is 11.8 Å². The van der Waals surface area contributed by atoms with E-state index in [9.17, 15) is 9.59 Å². The average Bonchev–Trinajstić information content (AvgIpc) is 2.82. The average molecular weight is 273 g/mol. The third kappa shape index (κ3) is 4.15. The molecule has 3 N–H and O–H groups in total. The Morgan fingerprint density at radius 1 is 1.44 bits per heavy atom. The fourth-order valence-corrected chi connectivity index (χ4v) is 2.79. The molecule has 1 unspecified atom stereocenters. The first kappa shape index (κ1) is 13.6. The topological polar surface area (TPSA) is 79.5 Å². The Kier molecular flexibility index (Phi) is 5.27. The maximum absolute atomic E-state index is 11.6. The Balaban J connectivity index is 1.54. The number of ether oxygens (including phenoxy) is 1. The molecule has 0 bridgehead atoms. The zero-order chi connectivity index (χ0) is 12.8. The maximum atomic E-state index is 11.6. The molecule has 2 amide bonds. The lowest BCUT2D eigenvalue weighted by atomic mass is 10.1. The van der Waals surface area contributed by atoms with E-state index in [2.05, 4.69) is 16.0 Å². The summed E-state index contributed by atoms with van der Waals surface area (Å²) in [6.45, 7) is 3.04. The van der Waals surface area contributed by atoms with Gasteiger partial charge in [0.15, 0.2) is 0 Å². The second-order valence-electron chi connectivity index (χ2n) is 4.41. The molecule has 102 valence electrons. The summed E-state index contributed by atoms with van der Waals surface area (Å²) in [5.74, 6) is 0.391. The lowest BCUT2D eigenvalue weighted by Crippen LogP contribution is -2.44. The molecule has 0 radical (unpaired) electrons. The third-order valence-electron chi connectivity index (χ3n) is 3.03. The molecule has 18 heavy (non-hydrogen) atoms. The highest BCUT2D eigenvalue weighted by Gasteiger charge is 2.27. The molecule has 0 aromatic rings. The fourth-order valence-electron chi connectivity index (χ4n) is 2.01. The predicted octanol–water partition coefficient (Wildman–Crippen LogP) is -0.304. The van der Waals surface area contributed by atoms with E-state index in [0.717, 1.165) is 37.7 Å². The molecule has 0 aliphatic carbocycles. The number of hydrogen-bond acceptors (Lipinski definition) is 5. The van der Waals surface area contributed by atoms with Crippen LogP contribution in [-0.2, 0) is 9.53 Å². The normalized spacial score (nSPS) is 24.9. The molecular formula is C11H19N3O3S. The minimum atomic E-state index is -0.388. The van der Waals surface area contributed by atoms with E-state index < -0.39 is 0 Å². The summed E-state index contributed by atoms with van der Waals surface area (Å²) in [7, 11) is 0. The van der Waals surface area contributed by atoms with Crippen molar-refractivity contribution in [1.29, 1.82) is 0 Å². The van der Waals surface area contributed by atoms with Gasteiger partial charge >= 0.3 is 0 Å². The Labute approximate surface area is 111 Å². The predicted molar refractivity (Wildman–Crippen MR) is 69.6 cm³/mol. The summed E-state index contributed by atoms with van der Waals surface area (Å²) in [4.78, 5) is 22.6. The Morgan fingerprint density at radius 2 is 2.22 bits per heavy atom. The van der Waals surface area contributed by atoms with Crippen molar-refractivity contribution in [3.8, 4) is 0 Å². The number of piperidine rings is 1. The van der Waals surface area contributed by atoms with Crippen LogP contribution in [0.4, 0.5) is 4.79 Å². The molecular weight excluding hydrogens is 254 g/mol. The molecule has 0 spiro atoms. The van der Waals surface area contributed by atoms with E-state index in [4.69, 9.17) is 4.74 Å². The second kappa shape index (κ2) is 6.96. The van der Waals surface area contributed by atoms with Crippen molar-refractivity contribution < 1.29 is 14.3 Å². The molecule has 2 saturated heterocycles. The van der Waals surface area contributed by atoms with Crippen LogP contribution in [0, 0.1) is 0 Å². The summed E-state index contributed by atoms with van der Waals surface area (Å²) in [6, 6.07) is -0.388. The largest absolute Gasteiger partial charge is 0.376 e. The monoisotopic (exact) mass is 273 g/mol. The van der Waals surface area contributed by atoms with Gasteiger partial charge in [0, 0.05) is 12.3 Å². The van der Waals surface area contributed by atoms with Crippen molar-refractivity contribution in [1.82, 2.24) is 16.0 Å². The third-order valence-corrected chi connectivity index (χ3v) is 3.91. The SMILES string of the molecule is O=C1NC(C(=O)NCCOC2CCNCC2)CS1. The molecule has 2 fully saturated rings. The number of nitrogens with one attached hydrogen (secondary N) is 3. The standard InChI is InChI=1S/C11H19N3O3S/c15-10(9-7-18-11(16)14-9)13-5-6-17-8-1-3-12-4-2-8/h8-9,12H,1-7H2,(H,13,15)(H,14,16). The fraction of sp³-hybridized carbons (Fsp3) is 0.818. The van der Waals surface area contributed by atoms with Gasteiger partial charge in [-0.15, -0.1) is 0 Å². The molecule has 2 heterocycles. The maximum Gasteiger partial charge on any atom is 0.279 e. The van der Waals surface area contributed by atoms with Crippen LogP contribution in [0.3, 0.4) is 0 Å². The zero-order valence-corrected chi connectivity index (χ0v) is 11.1. The first-order chi connectivity index (χ1) is 8.75. The van der Waals surface area contributed by atoms with Crippen LogP contribution in [0.1, 0.15) is 12.8 Å². The molecule has 0 aromatic carbocycles. The van der Waals surface area contributed by atoms with Crippen molar-refractivity contribution >= 4 is 22.9 Å². The van der Waals surface area contributed by atoms with Crippen molar-refractivity contribution in [3.63, 3.8) is 0 Å². The summed E-state index contributed by atoms with van der Waals surface area (Å²) in [5, 5.41) is 8.53. The van der Waals surface area contributed by atoms with Crippen LogP contribution < -0.4 is 16.0 Å². The highest BCUT2D eigenvalue weighted by Crippen LogP contribution is 2.12. The van der Waals surface area contributed by atoms with Gasteiger partial charge in [-0.25, -0.2) is 0 Å². The van der Waals surface area contributed by atoms with Crippen LogP contribution in [0.15, 0.2) is 0 Å². The minimum Gasteiger partial charge on any atom is -0.376 e. The molecule has 0 saturated carbocycles. The lowest BCUT2D eigenvalue weighted by molar-refractivity contribution is -0.122. The van der Waals surface area contributed by atoms with E-state index in [0.29, 0.717) is 25.0 Å². The van der Waals surface area contributed by atoms with E-state index in [-0.39, 0.29) is 17.2 Å². The van der Waals surface area contributed by atoms with E-state index in [1.54, 1.807) is 0 Å². The van der Waals surface area contributed by atoms with E-state index in [1.165, 1.54) is 0 Å². The Morgan fingerprint density at radius 3 is 2.89 bits per heavy atom. The Hall–Kier alpha value is -0.790. The minimum absolute atomic E-state index is 0.123. The van der Waals surface area contributed by atoms with Gasteiger partial charge in [-0.3, -0.25) is 9.59 Å². The van der Waals surface area contributed by atoms with Crippen LogP contribution in [0.2, 0.25) is 0 Å². The summed E-state index contributed by atoms with van der Waals surface area (Å²) in [5.41, 5.74) is 0. The lowest BCUT2D eigenvalue weighted by Gasteiger charge is -2.23. The van der Waals surface area contributed by atoms with Crippen molar-refractivity contribution in [3.05, 3.63) is 0 Å². The molecule has 0 aromatic heterocycles. The van der Waals surface area contributed by atoms with Crippen LogP contribution in [0.5, 0.6) is 0 Å². The zero-order valence-electron chi connectivity index (χ0n) is 10.2. The van der Waals surface area contributed by atoms with Gasteiger partial charge in [0.25, 0.3) is 5.24 Å². The molecule has 7 heteroatoms. The quantitative estimate of drug-likeness (QED) is 0.599. The first-order valence-corrected chi connectivity index (χ1v) is 7.27. The van der Waals surface area contributed by atoms with Crippen molar-refractivity contribution in [2.24, 2.45) is 0 Å². The highest BCUT2D eigenvalue weighted by molar-refractivity contribution is 8.14. The number of amides is 2. The van der Waals surface area contributed by atoms with Gasteiger partial charge in [-0.05, 0) is 25.9 Å². The molecule has 2 aliphatic rings. The second-order valence-corrected chi connectivity index (χ2v) is 5.40. The summed E-state index contributed by atoms with van der Waals surface area (Å²) >= 11 is 1.15. The highest BCUT2D eigenvalue weighted by atomic mass is 32.2. The van der Waals surface area contributed by atoms with Crippen molar-refractivity contribution in [2.45, 2.75) is 25.0 Å². The van der Waals surface area contributed by atoms with Gasteiger partial charge in [-0.1, -0.05) is 11.8 Å². The van der Waals surface area contributed by atoms with E-state index in [1.807, 2.05) is 0 Å². The number of thioether (sulfide) groups is 1. The van der Waals surface area contributed by atoms with Gasteiger partial charge < -0.3 is 20.7 Å². The van der Waals surface area contributed by atoms with Gasteiger partial charge in [0.1, 0.15) is 6.04 Å². The smallest absolute Gasteiger partial charge is 0.279 e. The number of hydrogen-bond donors (Lipinski definition) is 3. The number of carbonyl (C=O) groups excluding carboxylic acids is 2. The van der Waals surface area contributed by atoms with Crippen LogP contribution in [-0.4, -0.2) is 55.3 Å². The van der Waals surface area contributed by atoms with Gasteiger partial charge in [-0.2, -0.15) is 0 Å². The summed E-state index contributed by atoms with van der Waals surface area (Å²) < 4.78 is 5.67. The molecule has 2 aliphatic heterocycles. The Bertz CT molecular complexity index is 308. The number of carbonyl (C=O) groups is 2. The number of rotatable bonds is 5. The molecule has 6 nitrogen and oxygen atoms in total. The van der Waals surface area contributed by atoms with Gasteiger partial charge in [0.05, 0.1) is 12.7 Å². The molecule has 2 rings (SSSR count). The van der Waals surface area contributed by atoms with Crippen molar-refractivity contribution in [2.75, 3.05) is 32.0 Å². The first-order valence-electron chi connectivity index (χ1n) is 6.29. The summed E-state index contributed by atoms with van der Waals surface area (Å²) in [6.07, 6.45) is 2.37. The molecule has 1 atom stereocenters.